The zero-order chi connectivity index (χ0) is 16.4. The maximum Gasteiger partial charge on any atom is 0.335 e. The van der Waals surface area contributed by atoms with Crippen molar-refractivity contribution in [1.29, 1.82) is 5.26 Å². The summed E-state index contributed by atoms with van der Waals surface area (Å²) in [5.74, 6) is -2.13. The third-order valence-corrected chi connectivity index (χ3v) is 3.49. The van der Waals surface area contributed by atoms with Crippen LogP contribution in [0.3, 0.4) is 0 Å². The number of carbonyl (C=O) groups is 2. The van der Waals surface area contributed by atoms with Crippen LogP contribution >= 0.6 is 0 Å². The fraction of sp³-hybridized carbons (Fsp3) is 0.188. The van der Waals surface area contributed by atoms with Gasteiger partial charge in [-0.2, -0.15) is 5.26 Å². The van der Waals surface area contributed by atoms with E-state index in [4.69, 9.17) is 10.5 Å². The predicted octanol–water partition coefficient (Wildman–Crippen LogP) is 2.06. The zero-order valence-electron chi connectivity index (χ0n) is 12.1. The molecule has 0 saturated heterocycles. The maximum absolute atomic E-state index is 12.0. The Hall–Kier alpha value is -3.07. The summed E-state index contributed by atoms with van der Waals surface area (Å²) in [6.45, 7) is 2.91. The summed E-state index contributed by atoms with van der Waals surface area (Å²) in [5, 5.41) is 18.7. The lowest BCUT2D eigenvalue weighted by atomic mass is 9.79. The fourth-order valence-corrected chi connectivity index (χ4v) is 2.59. The summed E-state index contributed by atoms with van der Waals surface area (Å²) in [6, 6.07) is 8.14. The van der Waals surface area contributed by atoms with Gasteiger partial charge < -0.3 is 15.6 Å². The van der Waals surface area contributed by atoms with Gasteiger partial charge in [-0.15, -0.1) is 0 Å². The molecule has 0 radical (unpaired) electrons. The zero-order valence-corrected chi connectivity index (χ0v) is 12.1. The van der Waals surface area contributed by atoms with Crippen LogP contribution < -0.4 is 5.73 Å². The molecule has 0 saturated carbocycles. The normalized spacial score (nSPS) is 17.8. The smallest absolute Gasteiger partial charge is 0.335 e. The van der Waals surface area contributed by atoms with E-state index >= 15 is 0 Å². The monoisotopic (exact) mass is 298 g/mol. The topological polar surface area (TPSA) is 113 Å². The number of carbonyl (C=O) groups excluding carboxylic acids is 1. The average Bonchev–Trinajstić information content (AvgIpc) is 2.45. The number of hydrogen-bond donors (Lipinski definition) is 2. The van der Waals surface area contributed by atoms with E-state index < -0.39 is 11.9 Å². The summed E-state index contributed by atoms with van der Waals surface area (Å²) >= 11 is 0. The summed E-state index contributed by atoms with van der Waals surface area (Å²) in [6.07, 6.45) is 0. The van der Waals surface area contributed by atoms with Gasteiger partial charge in [0.05, 0.1) is 11.5 Å². The molecule has 0 aromatic heterocycles. The number of allylic oxidation sites excluding steroid dienone is 3. The van der Waals surface area contributed by atoms with Crippen LogP contribution in [-0.2, 0) is 9.53 Å². The molecule has 1 heterocycles. The molecule has 1 aliphatic rings. The molecule has 0 bridgehead atoms. The van der Waals surface area contributed by atoms with Gasteiger partial charge in [-0.3, -0.25) is 4.79 Å². The van der Waals surface area contributed by atoms with Gasteiger partial charge in [0.15, 0.2) is 5.78 Å². The maximum atomic E-state index is 12.0. The van der Waals surface area contributed by atoms with Gasteiger partial charge >= 0.3 is 5.97 Å². The lowest BCUT2D eigenvalue weighted by molar-refractivity contribution is -0.114. The number of rotatable bonds is 3. The molecule has 6 heteroatoms. The van der Waals surface area contributed by atoms with E-state index in [9.17, 15) is 20.0 Å². The molecule has 0 aliphatic carbocycles. The molecule has 1 aromatic carbocycles. The van der Waals surface area contributed by atoms with Crippen molar-refractivity contribution in [3.63, 3.8) is 0 Å². The fourth-order valence-electron chi connectivity index (χ4n) is 2.59. The SMILES string of the molecule is CC(=O)C1=C(C)OC(N)=C(C#N)[C@@H]1c1ccccc1C(=O)O. The van der Waals surface area contributed by atoms with Crippen LogP contribution in [0.1, 0.15) is 35.7 Å². The summed E-state index contributed by atoms with van der Waals surface area (Å²) in [4.78, 5) is 23.4. The van der Waals surface area contributed by atoms with Gasteiger partial charge in [-0.1, -0.05) is 18.2 Å². The van der Waals surface area contributed by atoms with Crippen LogP contribution in [0.15, 0.2) is 47.1 Å². The van der Waals surface area contributed by atoms with Gasteiger partial charge in [-0.05, 0) is 25.5 Å². The van der Waals surface area contributed by atoms with Crippen molar-refractivity contribution in [2.75, 3.05) is 0 Å². The quantitative estimate of drug-likeness (QED) is 0.882. The van der Waals surface area contributed by atoms with Gasteiger partial charge in [-0.25, -0.2) is 4.79 Å². The van der Waals surface area contributed by atoms with Crippen LogP contribution in [0.5, 0.6) is 0 Å². The van der Waals surface area contributed by atoms with Gasteiger partial charge in [0, 0.05) is 5.57 Å². The van der Waals surface area contributed by atoms with E-state index in [1.165, 1.54) is 13.0 Å². The van der Waals surface area contributed by atoms with Crippen molar-refractivity contribution in [2.45, 2.75) is 19.8 Å². The number of ether oxygens (including phenoxy) is 1. The van der Waals surface area contributed by atoms with E-state index in [1.807, 2.05) is 6.07 Å². The first kappa shape index (κ1) is 15.3. The highest BCUT2D eigenvalue weighted by Crippen LogP contribution is 2.40. The predicted molar refractivity (Wildman–Crippen MR) is 77.4 cm³/mol. The number of benzene rings is 1. The Bertz CT molecular complexity index is 769. The number of ketones is 1. The van der Waals surface area contributed by atoms with Gasteiger partial charge in [0.25, 0.3) is 0 Å². The van der Waals surface area contributed by atoms with Crippen LogP contribution in [0.4, 0.5) is 0 Å². The van der Waals surface area contributed by atoms with E-state index in [1.54, 1.807) is 25.1 Å². The Labute approximate surface area is 127 Å². The molecule has 0 amide bonds. The summed E-state index contributed by atoms with van der Waals surface area (Å²) in [5.41, 5.74) is 6.36. The van der Waals surface area contributed by atoms with E-state index in [-0.39, 0.29) is 34.1 Å². The first-order chi connectivity index (χ1) is 10.4. The highest BCUT2D eigenvalue weighted by molar-refractivity contribution is 5.98. The molecular formula is C16H14N2O4. The minimum Gasteiger partial charge on any atom is -0.478 e. The first-order valence-corrected chi connectivity index (χ1v) is 6.50. The van der Waals surface area contributed by atoms with Crippen molar-refractivity contribution < 1.29 is 19.4 Å². The van der Waals surface area contributed by atoms with E-state index in [0.29, 0.717) is 5.56 Å². The summed E-state index contributed by atoms with van der Waals surface area (Å²) < 4.78 is 5.26. The number of aromatic carboxylic acids is 1. The molecule has 2 rings (SSSR count). The molecule has 1 aliphatic heterocycles. The van der Waals surface area contributed by atoms with E-state index in [0.717, 1.165) is 0 Å². The summed E-state index contributed by atoms with van der Waals surface area (Å²) in [7, 11) is 0. The minimum atomic E-state index is -1.14. The Morgan fingerprint density at radius 3 is 2.55 bits per heavy atom. The van der Waals surface area contributed by atoms with Crippen LogP contribution in [0.2, 0.25) is 0 Å². The standard InChI is InChI=1S/C16H14N2O4/c1-8(19)13-9(2)22-15(18)12(7-17)14(13)10-5-3-4-6-11(10)16(20)21/h3-6,14H,18H2,1-2H3,(H,20,21)/t14-/m0/s1. The van der Waals surface area contributed by atoms with Crippen LogP contribution in [0.25, 0.3) is 0 Å². The van der Waals surface area contributed by atoms with E-state index in [2.05, 4.69) is 0 Å². The third kappa shape index (κ3) is 2.44. The number of hydrogen-bond acceptors (Lipinski definition) is 5. The number of nitrogens with zero attached hydrogens (tertiary/aromatic N) is 1. The first-order valence-electron chi connectivity index (χ1n) is 6.50. The van der Waals surface area contributed by atoms with Crippen LogP contribution in [0, 0.1) is 11.3 Å². The van der Waals surface area contributed by atoms with Crippen molar-refractivity contribution in [2.24, 2.45) is 5.73 Å². The van der Waals surface area contributed by atoms with Gasteiger partial charge in [0.1, 0.15) is 17.4 Å². The number of carboxylic acid groups (broad SMARTS) is 1. The second-order valence-electron chi connectivity index (χ2n) is 4.84. The second kappa shape index (κ2) is 5.74. The Morgan fingerprint density at radius 1 is 1.36 bits per heavy atom. The molecule has 0 unspecified atom stereocenters. The molecule has 22 heavy (non-hydrogen) atoms. The number of nitriles is 1. The second-order valence-corrected chi connectivity index (χ2v) is 4.84. The molecular weight excluding hydrogens is 284 g/mol. The Kier molecular flexibility index (Phi) is 4.00. The lowest BCUT2D eigenvalue weighted by Crippen LogP contribution is -2.24. The largest absolute Gasteiger partial charge is 0.478 e. The van der Waals surface area contributed by atoms with Crippen molar-refractivity contribution in [3.8, 4) is 6.07 Å². The molecule has 0 fully saturated rings. The molecule has 1 atom stereocenters. The Balaban J connectivity index is 2.78. The molecule has 3 N–H and O–H groups in total. The number of Topliss-reactive ketones (excluding diaryl/α,β-unsaturated/α-hetero) is 1. The van der Waals surface area contributed by atoms with Crippen LogP contribution in [-0.4, -0.2) is 16.9 Å². The molecule has 1 aromatic rings. The van der Waals surface area contributed by atoms with Crippen molar-refractivity contribution in [1.82, 2.24) is 0 Å². The highest BCUT2D eigenvalue weighted by atomic mass is 16.5. The number of carboxylic acids is 1. The Morgan fingerprint density at radius 2 is 2.00 bits per heavy atom. The van der Waals surface area contributed by atoms with Crippen molar-refractivity contribution in [3.05, 3.63) is 58.2 Å². The average molecular weight is 298 g/mol. The minimum absolute atomic E-state index is 0.0153. The molecule has 112 valence electrons. The number of nitrogens with two attached hydrogens (primary N) is 1. The lowest BCUT2D eigenvalue weighted by Gasteiger charge is -2.27. The van der Waals surface area contributed by atoms with Crippen molar-refractivity contribution >= 4 is 11.8 Å². The molecule has 6 nitrogen and oxygen atoms in total. The highest BCUT2D eigenvalue weighted by Gasteiger charge is 2.35. The molecule has 0 spiro atoms. The third-order valence-electron chi connectivity index (χ3n) is 3.49. The van der Waals surface area contributed by atoms with Gasteiger partial charge in [0.2, 0.25) is 5.88 Å².